The van der Waals surface area contributed by atoms with Gasteiger partial charge in [-0.3, -0.25) is 4.79 Å². The van der Waals surface area contributed by atoms with Crippen LogP contribution < -0.4 is 5.43 Å². The maximum atomic E-state index is 12.7. The van der Waals surface area contributed by atoms with Crippen LogP contribution in [0, 0.1) is 0 Å². The Morgan fingerprint density at radius 1 is 1.11 bits per heavy atom. The van der Waals surface area contributed by atoms with Crippen LogP contribution in [0.15, 0.2) is 76.5 Å². The van der Waals surface area contributed by atoms with Gasteiger partial charge in [-0.15, -0.1) is 0 Å². The SMILES string of the molecule is O=C(N/N=C\c1ccsc1)c1cc(-c2ccccc2O)nc2ccccc12. The summed E-state index contributed by atoms with van der Waals surface area (Å²) in [6.07, 6.45) is 1.60. The van der Waals surface area contributed by atoms with Gasteiger partial charge in [-0.1, -0.05) is 30.3 Å². The molecule has 0 atom stereocenters. The Hall–Kier alpha value is -3.51. The van der Waals surface area contributed by atoms with E-state index in [9.17, 15) is 9.90 Å². The van der Waals surface area contributed by atoms with Crippen LogP contribution >= 0.6 is 11.3 Å². The molecule has 1 amide bonds. The molecule has 2 aromatic carbocycles. The van der Waals surface area contributed by atoms with Gasteiger partial charge in [0.25, 0.3) is 5.91 Å². The number of pyridine rings is 1. The van der Waals surface area contributed by atoms with E-state index in [0.29, 0.717) is 22.3 Å². The fraction of sp³-hybridized carbons (Fsp3) is 0. The van der Waals surface area contributed by atoms with Crippen LogP contribution in [0.25, 0.3) is 22.2 Å². The lowest BCUT2D eigenvalue weighted by molar-refractivity contribution is 0.0956. The van der Waals surface area contributed by atoms with Crippen molar-refractivity contribution in [3.8, 4) is 17.0 Å². The molecule has 0 fully saturated rings. The summed E-state index contributed by atoms with van der Waals surface area (Å²) in [4.78, 5) is 17.3. The molecule has 0 aliphatic heterocycles. The third-order valence-electron chi connectivity index (χ3n) is 4.06. The van der Waals surface area contributed by atoms with Gasteiger partial charge in [0.15, 0.2) is 0 Å². The molecule has 6 heteroatoms. The lowest BCUT2D eigenvalue weighted by atomic mass is 10.0. The van der Waals surface area contributed by atoms with Crippen LogP contribution in [-0.2, 0) is 0 Å². The van der Waals surface area contributed by atoms with Crippen molar-refractivity contribution in [2.75, 3.05) is 0 Å². The molecule has 0 unspecified atom stereocenters. The summed E-state index contributed by atoms with van der Waals surface area (Å²) in [7, 11) is 0. The molecule has 27 heavy (non-hydrogen) atoms. The van der Waals surface area contributed by atoms with E-state index < -0.39 is 0 Å². The zero-order valence-corrected chi connectivity index (χ0v) is 15.0. The van der Waals surface area contributed by atoms with Gasteiger partial charge in [0.1, 0.15) is 5.75 Å². The molecule has 2 aromatic heterocycles. The van der Waals surface area contributed by atoms with E-state index in [-0.39, 0.29) is 11.7 Å². The summed E-state index contributed by atoms with van der Waals surface area (Å²) >= 11 is 1.56. The Balaban J connectivity index is 1.74. The Bertz CT molecular complexity index is 1140. The number of aromatic nitrogens is 1. The van der Waals surface area contributed by atoms with Crippen molar-refractivity contribution in [1.82, 2.24) is 10.4 Å². The monoisotopic (exact) mass is 373 g/mol. The molecule has 0 saturated heterocycles. The number of hydrogen-bond donors (Lipinski definition) is 2. The first-order valence-electron chi connectivity index (χ1n) is 8.26. The molecule has 4 rings (SSSR count). The fourth-order valence-corrected chi connectivity index (χ4v) is 3.38. The molecule has 0 spiro atoms. The zero-order valence-electron chi connectivity index (χ0n) is 14.2. The van der Waals surface area contributed by atoms with Crippen molar-refractivity contribution < 1.29 is 9.90 Å². The molecule has 0 saturated carbocycles. The molecule has 0 bridgehead atoms. The number of benzene rings is 2. The average Bonchev–Trinajstić information content (AvgIpc) is 3.21. The molecule has 0 aliphatic carbocycles. The number of hydrogen-bond acceptors (Lipinski definition) is 5. The molecule has 0 aliphatic rings. The highest BCUT2D eigenvalue weighted by Crippen LogP contribution is 2.30. The number of para-hydroxylation sites is 2. The molecule has 0 radical (unpaired) electrons. The van der Waals surface area contributed by atoms with Crippen molar-refractivity contribution in [2.45, 2.75) is 0 Å². The van der Waals surface area contributed by atoms with E-state index in [2.05, 4.69) is 15.5 Å². The number of nitrogens with one attached hydrogen (secondary N) is 1. The smallest absolute Gasteiger partial charge is 0.272 e. The van der Waals surface area contributed by atoms with Crippen LogP contribution in [-0.4, -0.2) is 22.2 Å². The number of rotatable bonds is 4. The number of hydrazone groups is 1. The molecular weight excluding hydrogens is 358 g/mol. The van der Waals surface area contributed by atoms with Crippen molar-refractivity contribution in [3.05, 3.63) is 82.6 Å². The number of aromatic hydroxyl groups is 1. The number of amides is 1. The van der Waals surface area contributed by atoms with Crippen molar-refractivity contribution in [1.29, 1.82) is 0 Å². The standard InChI is InChI=1S/C21H15N3O2S/c25-20-8-4-2-6-16(20)19-11-17(15-5-1-3-7-18(15)23-19)21(26)24-22-12-14-9-10-27-13-14/h1-13,25H,(H,24,26)/b22-12-. The molecule has 2 N–H and O–H groups in total. The van der Waals surface area contributed by atoms with Gasteiger partial charge in [0.2, 0.25) is 0 Å². The maximum absolute atomic E-state index is 12.7. The third-order valence-corrected chi connectivity index (χ3v) is 4.77. The van der Waals surface area contributed by atoms with Gasteiger partial charge < -0.3 is 5.11 Å². The largest absolute Gasteiger partial charge is 0.507 e. The van der Waals surface area contributed by atoms with E-state index in [1.807, 2.05) is 47.2 Å². The van der Waals surface area contributed by atoms with Crippen LogP contribution in [0.3, 0.4) is 0 Å². The van der Waals surface area contributed by atoms with Gasteiger partial charge in [0, 0.05) is 16.5 Å². The van der Waals surface area contributed by atoms with Crippen LogP contribution in [0.1, 0.15) is 15.9 Å². The van der Waals surface area contributed by atoms with Crippen molar-refractivity contribution in [3.63, 3.8) is 0 Å². The molecule has 5 nitrogen and oxygen atoms in total. The minimum atomic E-state index is -0.336. The van der Waals surface area contributed by atoms with E-state index >= 15 is 0 Å². The quantitative estimate of drug-likeness (QED) is 0.410. The average molecular weight is 373 g/mol. The zero-order chi connectivity index (χ0) is 18.6. The number of thiophene rings is 1. The number of carbonyl (C=O) groups excluding carboxylic acids is 1. The molecule has 4 aromatic rings. The lowest BCUT2D eigenvalue weighted by Crippen LogP contribution is -2.18. The molecule has 2 heterocycles. The van der Waals surface area contributed by atoms with Crippen LogP contribution in [0.4, 0.5) is 0 Å². The van der Waals surface area contributed by atoms with Gasteiger partial charge in [0.05, 0.1) is 23.0 Å². The topological polar surface area (TPSA) is 74.6 Å². The minimum absolute atomic E-state index is 0.113. The number of phenolic OH excluding ortho intramolecular Hbond substituents is 1. The van der Waals surface area contributed by atoms with Gasteiger partial charge in [-0.2, -0.15) is 16.4 Å². The molecular formula is C21H15N3O2S. The summed E-state index contributed by atoms with van der Waals surface area (Å²) in [6, 6.07) is 17.9. The highest BCUT2D eigenvalue weighted by atomic mass is 32.1. The van der Waals surface area contributed by atoms with E-state index in [1.165, 1.54) is 0 Å². The highest BCUT2D eigenvalue weighted by molar-refractivity contribution is 7.08. The predicted octanol–water partition coefficient (Wildman–Crippen LogP) is 4.43. The van der Waals surface area contributed by atoms with Crippen molar-refractivity contribution in [2.24, 2.45) is 5.10 Å². The summed E-state index contributed by atoms with van der Waals surface area (Å²) in [5.74, 6) is -0.223. The second-order valence-corrected chi connectivity index (χ2v) is 6.63. The summed E-state index contributed by atoms with van der Waals surface area (Å²) in [6.45, 7) is 0. The number of nitrogens with zero attached hydrogens (tertiary/aromatic N) is 2. The number of carbonyl (C=O) groups is 1. The van der Waals surface area contributed by atoms with E-state index in [0.717, 1.165) is 10.9 Å². The Labute approximate surface area is 159 Å². The minimum Gasteiger partial charge on any atom is -0.507 e. The predicted molar refractivity (Wildman–Crippen MR) is 108 cm³/mol. The number of phenols is 1. The Morgan fingerprint density at radius 3 is 2.74 bits per heavy atom. The molecule has 132 valence electrons. The first-order valence-corrected chi connectivity index (χ1v) is 9.20. The van der Waals surface area contributed by atoms with E-state index in [1.54, 1.807) is 41.8 Å². The van der Waals surface area contributed by atoms with Crippen LogP contribution in [0.5, 0.6) is 5.75 Å². The first-order chi connectivity index (χ1) is 13.2. The lowest BCUT2D eigenvalue weighted by Gasteiger charge is -2.10. The highest BCUT2D eigenvalue weighted by Gasteiger charge is 2.15. The summed E-state index contributed by atoms with van der Waals surface area (Å²) < 4.78 is 0. The van der Waals surface area contributed by atoms with Crippen molar-refractivity contribution >= 4 is 34.4 Å². The summed E-state index contributed by atoms with van der Waals surface area (Å²) in [5.41, 5.74) is 5.71. The number of fused-ring (bicyclic) bond motifs is 1. The second kappa shape index (κ2) is 7.39. The second-order valence-electron chi connectivity index (χ2n) is 5.85. The van der Waals surface area contributed by atoms with Gasteiger partial charge in [-0.05, 0) is 41.1 Å². The Morgan fingerprint density at radius 2 is 1.93 bits per heavy atom. The third kappa shape index (κ3) is 3.56. The van der Waals surface area contributed by atoms with E-state index in [4.69, 9.17) is 0 Å². The van der Waals surface area contributed by atoms with Gasteiger partial charge >= 0.3 is 0 Å². The van der Waals surface area contributed by atoms with Crippen LogP contribution in [0.2, 0.25) is 0 Å². The van der Waals surface area contributed by atoms with Gasteiger partial charge in [-0.25, -0.2) is 10.4 Å². The normalized spacial score (nSPS) is 11.1. The maximum Gasteiger partial charge on any atom is 0.272 e. The first kappa shape index (κ1) is 16.9. The summed E-state index contributed by atoms with van der Waals surface area (Å²) in [5, 5.41) is 18.8. The fourth-order valence-electron chi connectivity index (χ4n) is 2.77. The Kier molecular flexibility index (Phi) is 4.63.